The van der Waals surface area contributed by atoms with E-state index in [2.05, 4.69) is 27.7 Å². The molecule has 2 N–H and O–H groups in total. The molecule has 136 valence electrons. The van der Waals surface area contributed by atoms with Crippen molar-refractivity contribution in [2.24, 2.45) is 5.41 Å². The molecule has 3 heteroatoms. The highest BCUT2D eigenvalue weighted by Crippen LogP contribution is 2.34. The summed E-state index contributed by atoms with van der Waals surface area (Å²) in [5.41, 5.74) is 2.60. The molecule has 0 heterocycles. The summed E-state index contributed by atoms with van der Waals surface area (Å²) in [6.07, 6.45) is 13.7. The Hall–Kier alpha value is -0.800. The number of rotatable bonds is 8. The van der Waals surface area contributed by atoms with Crippen LogP contribution in [0, 0.1) is 5.41 Å². The van der Waals surface area contributed by atoms with E-state index in [-0.39, 0.29) is 18.6 Å². The number of allylic oxidation sites excluding steroid dienone is 2. The summed E-state index contributed by atoms with van der Waals surface area (Å²) in [5.74, 6) is 0. The van der Waals surface area contributed by atoms with Crippen LogP contribution >= 0.6 is 0 Å². The second-order valence-corrected chi connectivity index (χ2v) is 6.48. The molecule has 1 rings (SSSR count). The zero-order valence-corrected chi connectivity index (χ0v) is 15.7. The van der Waals surface area contributed by atoms with Crippen molar-refractivity contribution < 1.29 is 14.9 Å². The van der Waals surface area contributed by atoms with Gasteiger partial charge in [0, 0.05) is 5.41 Å². The minimum atomic E-state index is -0.127. The van der Waals surface area contributed by atoms with Crippen molar-refractivity contribution in [2.75, 3.05) is 13.2 Å². The zero-order chi connectivity index (χ0) is 17.6. The number of hydrogen-bond donors (Lipinski definition) is 2. The second-order valence-electron chi connectivity index (χ2n) is 6.48. The Morgan fingerprint density at radius 2 is 1.17 bits per heavy atom. The lowest BCUT2D eigenvalue weighted by Crippen LogP contribution is -2.31. The standard InChI is InChI=1S/C12H22O.C8H16O2/c1-5-11(6-2)9-13-10-12(7-3)8-4;9-6-8(7-10)4-2-1-3-5-8/h9-10H,5-8H2,1-4H3;9-10H,1-7H2. The van der Waals surface area contributed by atoms with Crippen LogP contribution in [0.4, 0.5) is 0 Å². The fourth-order valence-corrected chi connectivity index (χ4v) is 2.73. The third-order valence-electron chi connectivity index (χ3n) is 4.87. The van der Waals surface area contributed by atoms with Gasteiger partial charge in [0.2, 0.25) is 0 Å². The van der Waals surface area contributed by atoms with Gasteiger partial charge in [0.15, 0.2) is 0 Å². The largest absolute Gasteiger partial charge is 0.473 e. The van der Waals surface area contributed by atoms with Crippen molar-refractivity contribution in [1.29, 1.82) is 0 Å². The molecule has 3 nitrogen and oxygen atoms in total. The molecule has 0 radical (unpaired) electrons. The van der Waals surface area contributed by atoms with Crippen molar-refractivity contribution in [3.8, 4) is 0 Å². The molecule has 0 atom stereocenters. The molecule has 0 aromatic rings. The molecule has 0 spiro atoms. The smallest absolute Gasteiger partial charge is 0.0893 e. The highest BCUT2D eigenvalue weighted by atomic mass is 16.5. The number of ether oxygens (including phenoxy) is 1. The van der Waals surface area contributed by atoms with Gasteiger partial charge in [-0.15, -0.1) is 0 Å². The average Bonchev–Trinajstić information content (AvgIpc) is 2.63. The first-order valence-corrected chi connectivity index (χ1v) is 9.34. The molecule has 0 saturated heterocycles. The Morgan fingerprint density at radius 1 is 0.783 bits per heavy atom. The monoisotopic (exact) mass is 326 g/mol. The molecule has 1 saturated carbocycles. The van der Waals surface area contributed by atoms with E-state index in [9.17, 15) is 0 Å². The first-order chi connectivity index (χ1) is 11.1. The summed E-state index contributed by atoms with van der Waals surface area (Å²) >= 11 is 0. The molecular weight excluding hydrogens is 288 g/mol. The summed E-state index contributed by atoms with van der Waals surface area (Å²) < 4.78 is 5.40. The van der Waals surface area contributed by atoms with E-state index in [1.807, 2.05) is 12.5 Å². The van der Waals surface area contributed by atoms with Gasteiger partial charge in [0.05, 0.1) is 25.7 Å². The lowest BCUT2D eigenvalue weighted by atomic mass is 9.75. The third kappa shape index (κ3) is 9.17. The van der Waals surface area contributed by atoms with Gasteiger partial charge in [-0.1, -0.05) is 47.0 Å². The Kier molecular flexibility index (Phi) is 13.1. The predicted octanol–water partition coefficient (Wildman–Crippen LogP) is 5.33. The van der Waals surface area contributed by atoms with Crippen LogP contribution in [0.5, 0.6) is 0 Å². The molecule has 1 aliphatic rings. The quantitative estimate of drug-likeness (QED) is 0.592. The van der Waals surface area contributed by atoms with Crippen LogP contribution in [0.1, 0.15) is 85.5 Å². The van der Waals surface area contributed by atoms with E-state index in [1.54, 1.807) is 0 Å². The van der Waals surface area contributed by atoms with E-state index in [0.29, 0.717) is 0 Å². The molecule has 1 fully saturated rings. The lowest BCUT2D eigenvalue weighted by Gasteiger charge is -2.33. The van der Waals surface area contributed by atoms with Gasteiger partial charge in [0.1, 0.15) is 0 Å². The molecule has 0 aromatic heterocycles. The molecule has 1 aliphatic carbocycles. The minimum absolute atomic E-state index is 0.127. The first kappa shape index (κ1) is 22.2. The van der Waals surface area contributed by atoms with Crippen molar-refractivity contribution in [3.63, 3.8) is 0 Å². The lowest BCUT2D eigenvalue weighted by molar-refractivity contribution is 0.0234. The van der Waals surface area contributed by atoms with Crippen LogP contribution in [-0.4, -0.2) is 23.4 Å². The van der Waals surface area contributed by atoms with E-state index in [4.69, 9.17) is 14.9 Å². The maximum Gasteiger partial charge on any atom is 0.0893 e. The van der Waals surface area contributed by atoms with Gasteiger partial charge < -0.3 is 14.9 Å². The first-order valence-electron chi connectivity index (χ1n) is 9.34. The van der Waals surface area contributed by atoms with E-state index < -0.39 is 0 Å². The van der Waals surface area contributed by atoms with Gasteiger partial charge in [-0.05, 0) is 49.7 Å². The third-order valence-corrected chi connectivity index (χ3v) is 4.87. The fourth-order valence-electron chi connectivity index (χ4n) is 2.73. The maximum atomic E-state index is 8.98. The highest BCUT2D eigenvalue weighted by molar-refractivity contribution is 5.00. The molecule has 0 unspecified atom stereocenters. The second kappa shape index (κ2) is 13.6. The van der Waals surface area contributed by atoms with Gasteiger partial charge >= 0.3 is 0 Å². The summed E-state index contributed by atoms with van der Waals surface area (Å²) in [6.45, 7) is 8.94. The zero-order valence-electron chi connectivity index (χ0n) is 15.7. The molecule has 0 amide bonds. The molecule has 0 aromatic carbocycles. The Morgan fingerprint density at radius 3 is 1.43 bits per heavy atom. The van der Waals surface area contributed by atoms with E-state index in [1.165, 1.54) is 30.4 Å². The van der Waals surface area contributed by atoms with E-state index in [0.717, 1.165) is 38.5 Å². The van der Waals surface area contributed by atoms with Crippen molar-refractivity contribution in [3.05, 3.63) is 23.7 Å². The molecular formula is C20H38O3. The highest BCUT2D eigenvalue weighted by Gasteiger charge is 2.30. The summed E-state index contributed by atoms with van der Waals surface area (Å²) in [7, 11) is 0. The van der Waals surface area contributed by atoms with Gasteiger partial charge in [-0.2, -0.15) is 0 Å². The van der Waals surface area contributed by atoms with Crippen molar-refractivity contribution in [2.45, 2.75) is 85.5 Å². The number of aliphatic hydroxyl groups excluding tert-OH is 2. The summed E-state index contributed by atoms with van der Waals surface area (Å²) in [4.78, 5) is 0. The Bertz CT molecular complexity index is 301. The number of hydrogen-bond acceptors (Lipinski definition) is 3. The van der Waals surface area contributed by atoms with Crippen LogP contribution in [0.15, 0.2) is 23.7 Å². The van der Waals surface area contributed by atoms with E-state index >= 15 is 0 Å². The minimum Gasteiger partial charge on any atom is -0.473 e. The van der Waals surface area contributed by atoms with Gasteiger partial charge in [-0.3, -0.25) is 0 Å². The summed E-state index contributed by atoms with van der Waals surface area (Å²) in [6, 6.07) is 0. The SMILES string of the molecule is CCC(=COC=C(CC)CC)CC.OCC1(CO)CCCCC1. The van der Waals surface area contributed by atoms with Crippen LogP contribution in [0.3, 0.4) is 0 Å². The van der Waals surface area contributed by atoms with Crippen LogP contribution in [0.2, 0.25) is 0 Å². The van der Waals surface area contributed by atoms with Gasteiger partial charge in [0.25, 0.3) is 0 Å². The molecule has 0 bridgehead atoms. The Labute approximate surface area is 143 Å². The Balaban J connectivity index is 0.000000433. The van der Waals surface area contributed by atoms with Gasteiger partial charge in [-0.25, -0.2) is 0 Å². The molecule has 23 heavy (non-hydrogen) atoms. The van der Waals surface area contributed by atoms with Crippen LogP contribution in [-0.2, 0) is 4.74 Å². The van der Waals surface area contributed by atoms with Crippen LogP contribution in [0.25, 0.3) is 0 Å². The number of aliphatic hydroxyl groups is 2. The molecule has 0 aliphatic heterocycles. The predicted molar refractivity (Wildman–Crippen MR) is 98.1 cm³/mol. The average molecular weight is 327 g/mol. The maximum absolute atomic E-state index is 8.98. The summed E-state index contributed by atoms with van der Waals surface area (Å²) in [5, 5.41) is 18.0. The topological polar surface area (TPSA) is 49.7 Å². The fraction of sp³-hybridized carbons (Fsp3) is 0.800. The van der Waals surface area contributed by atoms with Crippen LogP contribution < -0.4 is 0 Å². The van der Waals surface area contributed by atoms with Crippen molar-refractivity contribution in [1.82, 2.24) is 0 Å². The van der Waals surface area contributed by atoms with Crippen molar-refractivity contribution >= 4 is 0 Å². The normalized spacial score (nSPS) is 15.9.